The molecule has 0 unspecified atom stereocenters. The molecule has 0 aliphatic rings. The first-order valence-electron chi connectivity index (χ1n) is 3.83. The zero-order valence-corrected chi connectivity index (χ0v) is 7.26. The molecular weight excluding hydrogens is 176 g/mol. The predicted molar refractivity (Wildman–Crippen MR) is 45.8 cm³/mol. The van der Waals surface area contributed by atoms with Gasteiger partial charge in [-0.25, -0.2) is 8.78 Å². The number of benzene rings is 1. The lowest BCUT2D eigenvalue weighted by atomic mass is 10.1. The van der Waals surface area contributed by atoms with Gasteiger partial charge >= 0.3 is 0 Å². The zero-order valence-electron chi connectivity index (χ0n) is 7.26. The lowest BCUT2D eigenvalue weighted by molar-refractivity contribution is 0.151. The summed E-state index contributed by atoms with van der Waals surface area (Å²) < 4.78 is 29.5. The average Bonchev–Trinajstić information content (AvgIpc) is 2.16. The minimum absolute atomic E-state index is 0.0557. The Morgan fingerprint density at radius 1 is 1.38 bits per heavy atom. The van der Waals surface area contributed by atoms with Crippen molar-refractivity contribution in [1.82, 2.24) is 0 Å². The molecule has 0 bridgehead atoms. The molecule has 0 aliphatic carbocycles. The van der Waals surface area contributed by atoms with E-state index in [2.05, 4.69) is 0 Å². The Hall–Kier alpha value is -1.16. The Kier molecular flexibility index (Phi) is 3.19. The second-order valence-electron chi connectivity index (χ2n) is 2.62. The fourth-order valence-corrected chi connectivity index (χ4v) is 1.05. The third kappa shape index (κ3) is 2.39. The first-order chi connectivity index (χ1) is 6.17. The van der Waals surface area contributed by atoms with E-state index in [1.807, 2.05) is 0 Å². The third-order valence-electron chi connectivity index (χ3n) is 1.71. The summed E-state index contributed by atoms with van der Waals surface area (Å²) in [5.41, 5.74) is 5.93. The molecule has 4 heteroatoms. The number of rotatable bonds is 3. The molecular formula is C9H11F2NO. The molecule has 2 N–H and O–H groups in total. The van der Waals surface area contributed by atoms with Crippen molar-refractivity contribution in [3.63, 3.8) is 0 Å². The van der Waals surface area contributed by atoms with Gasteiger partial charge in [-0.2, -0.15) is 0 Å². The van der Waals surface area contributed by atoms with Crippen LogP contribution in [0.15, 0.2) is 18.2 Å². The van der Waals surface area contributed by atoms with Crippen LogP contribution < -0.4 is 10.5 Å². The van der Waals surface area contributed by atoms with Gasteiger partial charge in [0.1, 0.15) is 5.75 Å². The molecule has 0 spiro atoms. The smallest absolute Gasteiger partial charge is 0.263 e. The summed E-state index contributed by atoms with van der Waals surface area (Å²) >= 11 is 0. The van der Waals surface area contributed by atoms with Gasteiger partial charge in [-0.05, 0) is 23.8 Å². The number of methoxy groups -OCH3 is 1. The van der Waals surface area contributed by atoms with Gasteiger partial charge in [-0.3, -0.25) is 0 Å². The molecule has 0 radical (unpaired) electrons. The predicted octanol–water partition coefficient (Wildman–Crippen LogP) is 2.09. The molecule has 72 valence electrons. The van der Waals surface area contributed by atoms with Crippen LogP contribution in [0.2, 0.25) is 0 Å². The highest BCUT2D eigenvalue weighted by atomic mass is 19.3. The fourth-order valence-electron chi connectivity index (χ4n) is 1.05. The highest BCUT2D eigenvalue weighted by molar-refractivity contribution is 5.34. The minimum atomic E-state index is -2.49. The van der Waals surface area contributed by atoms with E-state index in [1.54, 1.807) is 6.07 Å². The van der Waals surface area contributed by atoms with Gasteiger partial charge in [0, 0.05) is 12.1 Å². The van der Waals surface area contributed by atoms with E-state index >= 15 is 0 Å². The molecule has 1 aromatic rings. The molecule has 0 heterocycles. The molecule has 0 amide bonds. The summed E-state index contributed by atoms with van der Waals surface area (Å²) in [6.07, 6.45) is -2.49. The Balaban J connectivity index is 3.07. The highest BCUT2D eigenvalue weighted by Crippen LogP contribution is 2.24. The number of halogens is 2. The van der Waals surface area contributed by atoms with Gasteiger partial charge in [0.05, 0.1) is 7.11 Å². The number of hydrogen-bond acceptors (Lipinski definition) is 2. The van der Waals surface area contributed by atoms with Crippen molar-refractivity contribution in [2.24, 2.45) is 5.73 Å². The van der Waals surface area contributed by atoms with Crippen LogP contribution in [0.3, 0.4) is 0 Å². The van der Waals surface area contributed by atoms with E-state index in [0.29, 0.717) is 11.3 Å². The minimum Gasteiger partial charge on any atom is -0.497 e. The standard InChI is InChI=1S/C9H11F2NO/c1-13-8-3-6(5-12)2-7(4-8)9(10)11/h2-4,9H,5,12H2,1H3. The van der Waals surface area contributed by atoms with Gasteiger partial charge in [0.2, 0.25) is 0 Å². The third-order valence-corrected chi connectivity index (χ3v) is 1.71. The number of alkyl halides is 2. The van der Waals surface area contributed by atoms with E-state index in [4.69, 9.17) is 10.5 Å². The Morgan fingerprint density at radius 2 is 2.08 bits per heavy atom. The van der Waals surface area contributed by atoms with Crippen LogP contribution in [0.4, 0.5) is 8.78 Å². The summed E-state index contributed by atoms with van der Waals surface area (Å²) in [6.45, 7) is 0.233. The summed E-state index contributed by atoms with van der Waals surface area (Å²) in [6, 6.07) is 4.34. The van der Waals surface area contributed by atoms with E-state index < -0.39 is 6.43 Å². The molecule has 0 aromatic heterocycles. The van der Waals surface area contributed by atoms with Gasteiger partial charge in [-0.15, -0.1) is 0 Å². The van der Waals surface area contributed by atoms with Crippen molar-refractivity contribution in [2.75, 3.05) is 7.11 Å². The Morgan fingerprint density at radius 3 is 2.54 bits per heavy atom. The number of ether oxygens (including phenoxy) is 1. The SMILES string of the molecule is COc1cc(CN)cc(C(F)F)c1. The van der Waals surface area contributed by atoms with Crippen molar-refractivity contribution < 1.29 is 13.5 Å². The van der Waals surface area contributed by atoms with E-state index in [0.717, 1.165) is 0 Å². The van der Waals surface area contributed by atoms with Gasteiger partial charge < -0.3 is 10.5 Å². The van der Waals surface area contributed by atoms with Crippen LogP contribution in [-0.2, 0) is 6.54 Å². The molecule has 0 atom stereocenters. The van der Waals surface area contributed by atoms with Crippen LogP contribution in [0.25, 0.3) is 0 Å². The number of nitrogens with two attached hydrogens (primary N) is 1. The topological polar surface area (TPSA) is 35.2 Å². The maximum absolute atomic E-state index is 12.3. The van der Waals surface area contributed by atoms with Crippen LogP contribution in [-0.4, -0.2) is 7.11 Å². The first kappa shape index (κ1) is 9.92. The summed E-state index contributed by atoms with van der Waals surface area (Å²) in [4.78, 5) is 0. The van der Waals surface area contributed by atoms with Gasteiger partial charge in [0.25, 0.3) is 6.43 Å². The van der Waals surface area contributed by atoms with Crippen molar-refractivity contribution in [2.45, 2.75) is 13.0 Å². The monoisotopic (exact) mass is 187 g/mol. The molecule has 2 nitrogen and oxygen atoms in total. The van der Waals surface area contributed by atoms with Gasteiger partial charge in [-0.1, -0.05) is 0 Å². The van der Waals surface area contributed by atoms with Crippen molar-refractivity contribution in [3.05, 3.63) is 29.3 Å². The molecule has 1 aromatic carbocycles. The molecule has 1 rings (SSSR count). The Labute approximate surface area is 75.3 Å². The zero-order chi connectivity index (χ0) is 9.84. The molecule has 0 saturated carbocycles. The first-order valence-corrected chi connectivity index (χ1v) is 3.83. The van der Waals surface area contributed by atoms with Crippen LogP contribution in [0, 0.1) is 0 Å². The molecule has 13 heavy (non-hydrogen) atoms. The van der Waals surface area contributed by atoms with E-state index in [9.17, 15) is 8.78 Å². The second kappa shape index (κ2) is 4.18. The lowest BCUT2D eigenvalue weighted by Crippen LogP contribution is -1.99. The molecule has 0 saturated heterocycles. The Bertz CT molecular complexity index is 267. The quantitative estimate of drug-likeness (QED) is 0.786. The van der Waals surface area contributed by atoms with Crippen molar-refractivity contribution in [3.8, 4) is 5.75 Å². The van der Waals surface area contributed by atoms with E-state index in [-0.39, 0.29) is 12.1 Å². The van der Waals surface area contributed by atoms with Crippen LogP contribution in [0.1, 0.15) is 17.6 Å². The summed E-state index contributed by atoms with van der Waals surface area (Å²) in [7, 11) is 1.44. The van der Waals surface area contributed by atoms with Crippen molar-refractivity contribution in [1.29, 1.82) is 0 Å². The second-order valence-corrected chi connectivity index (χ2v) is 2.62. The van der Waals surface area contributed by atoms with Gasteiger partial charge in [0.15, 0.2) is 0 Å². The fraction of sp³-hybridized carbons (Fsp3) is 0.333. The number of hydrogen-bond donors (Lipinski definition) is 1. The maximum Gasteiger partial charge on any atom is 0.263 e. The summed E-state index contributed by atoms with van der Waals surface area (Å²) in [5.74, 6) is 0.415. The normalized spacial score (nSPS) is 10.5. The molecule has 0 fully saturated rings. The molecule has 0 aliphatic heterocycles. The van der Waals surface area contributed by atoms with Crippen LogP contribution >= 0.6 is 0 Å². The largest absolute Gasteiger partial charge is 0.497 e. The van der Waals surface area contributed by atoms with Crippen LogP contribution in [0.5, 0.6) is 5.75 Å². The van der Waals surface area contributed by atoms with E-state index in [1.165, 1.54) is 19.2 Å². The van der Waals surface area contributed by atoms with Crippen molar-refractivity contribution >= 4 is 0 Å². The highest BCUT2D eigenvalue weighted by Gasteiger charge is 2.09. The summed E-state index contributed by atoms with van der Waals surface area (Å²) in [5, 5.41) is 0. The average molecular weight is 187 g/mol. The lowest BCUT2D eigenvalue weighted by Gasteiger charge is -2.06. The maximum atomic E-state index is 12.3.